The van der Waals surface area contributed by atoms with E-state index in [0.29, 0.717) is 13.1 Å². The lowest BCUT2D eigenvalue weighted by molar-refractivity contribution is -0.179. The second-order valence-corrected chi connectivity index (χ2v) is 7.81. The molecular formula is C23H30F3N5. The molecule has 0 spiro atoms. The van der Waals surface area contributed by atoms with Gasteiger partial charge in [0.25, 0.3) is 0 Å². The first-order chi connectivity index (χ1) is 14.9. The van der Waals surface area contributed by atoms with Crippen molar-refractivity contribution < 1.29 is 13.2 Å². The molecule has 4 N–H and O–H groups in total. The van der Waals surface area contributed by atoms with Gasteiger partial charge in [-0.15, -0.1) is 0 Å². The van der Waals surface area contributed by atoms with Crippen LogP contribution in [0.3, 0.4) is 0 Å². The van der Waals surface area contributed by atoms with Crippen molar-refractivity contribution in [1.29, 1.82) is 5.41 Å². The number of rotatable bonds is 9. The Kier molecular flexibility index (Phi) is 7.79. The quantitative estimate of drug-likeness (QED) is 0.323. The highest BCUT2D eigenvalue weighted by Crippen LogP contribution is 2.35. The summed E-state index contributed by atoms with van der Waals surface area (Å²) < 4.78 is 38.6. The molecule has 31 heavy (non-hydrogen) atoms. The van der Waals surface area contributed by atoms with Crippen molar-refractivity contribution in [2.45, 2.75) is 25.4 Å². The average Bonchev–Trinajstić information content (AvgIpc) is 2.77. The maximum absolute atomic E-state index is 12.9. The SMILES string of the molecule is CNCCCNc1ccc(Nc2ccc(N3CCC(C(F)(F)F)CC3)cc2)cc1C=N. The van der Waals surface area contributed by atoms with Crippen molar-refractivity contribution in [3.8, 4) is 0 Å². The van der Waals surface area contributed by atoms with Crippen LogP contribution in [-0.4, -0.2) is 45.6 Å². The molecule has 8 heteroatoms. The average molecular weight is 434 g/mol. The van der Waals surface area contributed by atoms with Crippen LogP contribution in [0.2, 0.25) is 0 Å². The van der Waals surface area contributed by atoms with Crippen LogP contribution in [0.5, 0.6) is 0 Å². The van der Waals surface area contributed by atoms with E-state index in [-0.39, 0.29) is 12.8 Å². The molecule has 1 aliphatic heterocycles. The van der Waals surface area contributed by atoms with Gasteiger partial charge in [-0.1, -0.05) is 0 Å². The van der Waals surface area contributed by atoms with Gasteiger partial charge in [0.1, 0.15) is 0 Å². The highest BCUT2D eigenvalue weighted by atomic mass is 19.4. The summed E-state index contributed by atoms with van der Waals surface area (Å²) in [6.07, 6.45) is -1.48. The van der Waals surface area contributed by atoms with Crippen molar-refractivity contribution in [3.05, 3.63) is 48.0 Å². The lowest BCUT2D eigenvalue weighted by Crippen LogP contribution is -2.38. The van der Waals surface area contributed by atoms with Crippen LogP contribution >= 0.6 is 0 Å². The summed E-state index contributed by atoms with van der Waals surface area (Å²) in [5, 5.41) is 17.5. The number of benzene rings is 2. The van der Waals surface area contributed by atoms with Crippen molar-refractivity contribution in [1.82, 2.24) is 5.32 Å². The third-order valence-corrected chi connectivity index (χ3v) is 5.61. The van der Waals surface area contributed by atoms with Crippen molar-refractivity contribution in [3.63, 3.8) is 0 Å². The fraction of sp³-hybridized carbons (Fsp3) is 0.435. The molecule has 0 amide bonds. The van der Waals surface area contributed by atoms with E-state index in [2.05, 4.69) is 16.0 Å². The molecule has 1 aliphatic rings. The number of anilines is 4. The predicted octanol–water partition coefficient (Wildman–Crippen LogP) is 5.23. The molecule has 0 aliphatic carbocycles. The second kappa shape index (κ2) is 10.5. The molecule has 168 valence electrons. The molecule has 2 aromatic rings. The zero-order chi connectivity index (χ0) is 22.3. The number of hydrogen-bond donors (Lipinski definition) is 4. The van der Waals surface area contributed by atoms with Gasteiger partial charge in [0.2, 0.25) is 0 Å². The van der Waals surface area contributed by atoms with Crippen molar-refractivity contribution >= 4 is 29.0 Å². The molecule has 5 nitrogen and oxygen atoms in total. The second-order valence-electron chi connectivity index (χ2n) is 7.81. The molecule has 0 atom stereocenters. The Hall–Kier alpha value is -2.74. The minimum absolute atomic E-state index is 0.144. The number of alkyl halides is 3. The van der Waals surface area contributed by atoms with Gasteiger partial charge in [-0.05, 0) is 75.3 Å². The number of piperidine rings is 1. The third-order valence-electron chi connectivity index (χ3n) is 5.61. The Balaban J connectivity index is 1.58. The summed E-state index contributed by atoms with van der Waals surface area (Å²) in [6, 6.07) is 13.6. The summed E-state index contributed by atoms with van der Waals surface area (Å²) in [7, 11) is 1.92. The molecule has 1 fully saturated rings. The Bertz CT molecular complexity index is 843. The van der Waals surface area contributed by atoms with E-state index in [1.807, 2.05) is 54.4 Å². The van der Waals surface area contributed by atoms with E-state index in [0.717, 1.165) is 47.8 Å². The Morgan fingerprint density at radius 3 is 2.32 bits per heavy atom. The summed E-state index contributed by atoms with van der Waals surface area (Å²) in [6.45, 7) is 2.60. The fourth-order valence-corrected chi connectivity index (χ4v) is 3.80. The Morgan fingerprint density at radius 1 is 1.03 bits per heavy atom. The smallest absolute Gasteiger partial charge is 0.384 e. The summed E-state index contributed by atoms with van der Waals surface area (Å²) in [5.41, 5.74) is 4.43. The van der Waals surface area contributed by atoms with Gasteiger partial charge in [-0.2, -0.15) is 13.2 Å². The molecule has 2 aromatic carbocycles. The van der Waals surface area contributed by atoms with E-state index in [4.69, 9.17) is 5.41 Å². The van der Waals surface area contributed by atoms with E-state index < -0.39 is 12.1 Å². The van der Waals surface area contributed by atoms with Crippen molar-refractivity contribution in [2.24, 2.45) is 5.92 Å². The summed E-state index contributed by atoms with van der Waals surface area (Å²) in [5.74, 6) is -1.19. The normalized spacial score (nSPS) is 15.0. The molecule has 0 aromatic heterocycles. The molecule has 1 heterocycles. The van der Waals surface area contributed by atoms with Gasteiger partial charge in [-0.25, -0.2) is 0 Å². The lowest BCUT2D eigenvalue weighted by atomic mass is 9.96. The van der Waals surface area contributed by atoms with Gasteiger partial charge in [0, 0.05) is 54.2 Å². The lowest BCUT2D eigenvalue weighted by Gasteiger charge is -2.34. The van der Waals surface area contributed by atoms with Gasteiger partial charge in [0.05, 0.1) is 5.92 Å². The predicted molar refractivity (Wildman–Crippen MR) is 122 cm³/mol. The van der Waals surface area contributed by atoms with E-state index >= 15 is 0 Å². The molecule has 0 bridgehead atoms. The minimum atomic E-state index is -4.09. The van der Waals surface area contributed by atoms with E-state index in [1.165, 1.54) is 6.21 Å². The molecule has 0 saturated carbocycles. The largest absolute Gasteiger partial charge is 0.391 e. The monoisotopic (exact) mass is 433 g/mol. The van der Waals surface area contributed by atoms with Crippen LogP contribution in [0.15, 0.2) is 42.5 Å². The molecule has 1 saturated heterocycles. The number of nitrogens with zero attached hydrogens (tertiary/aromatic N) is 1. The van der Waals surface area contributed by atoms with E-state index in [9.17, 15) is 13.2 Å². The maximum Gasteiger partial charge on any atom is 0.391 e. The zero-order valence-electron chi connectivity index (χ0n) is 17.7. The first-order valence-electron chi connectivity index (χ1n) is 10.6. The Morgan fingerprint density at radius 2 is 1.71 bits per heavy atom. The van der Waals surface area contributed by atoms with Gasteiger partial charge in [0.15, 0.2) is 0 Å². The van der Waals surface area contributed by atoms with Crippen LogP contribution in [0.25, 0.3) is 0 Å². The number of halogens is 3. The first-order valence-corrected chi connectivity index (χ1v) is 10.6. The number of nitrogens with one attached hydrogen (secondary N) is 4. The first kappa shape index (κ1) is 22.9. The maximum atomic E-state index is 12.9. The van der Waals surface area contributed by atoms with Crippen LogP contribution in [-0.2, 0) is 0 Å². The fourth-order valence-electron chi connectivity index (χ4n) is 3.80. The van der Waals surface area contributed by atoms with Crippen LogP contribution in [0, 0.1) is 11.3 Å². The number of hydrogen-bond acceptors (Lipinski definition) is 5. The van der Waals surface area contributed by atoms with Crippen LogP contribution < -0.4 is 20.9 Å². The zero-order valence-corrected chi connectivity index (χ0v) is 17.7. The molecule has 3 rings (SSSR count). The molecular weight excluding hydrogens is 403 g/mol. The summed E-state index contributed by atoms with van der Waals surface area (Å²) in [4.78, 5) is 2.01. The molecule has 0 radical (unpaired) electrons. The third kappa shape index (κ3) is 6.37. The summed E-state index contributed by atoms with van der Waals surface area (Å²) >= 11 is 0. The standard InChI is InChI=1S/C23H30F3N5/c1-28-11-2-12-29-22-8-5-20(15-17(22)16-27)30-19-3-6-21(7-4-19)31-13-9-18(10-14-31)23(24,25)26/h3-8,15-16,18,27-30H,2,9-14H2,1H3. The Labute approximate surface area is 181 Å². The van der Waals surface area contributed by atoms with Crippen molar-refractivity contribution in [2.75, 3.05) is 48.8 Å². The topological polar surface area (TPSA) is 63.2 Å². The van der Waals surface area contributed by atoms with Gasteiger partial charge >= 0.3 is 6.18 Å². The molecule has 0 unspecified atom stereocenters. The van der Waals surface area contributed by atoms with Gasteiger partial charge in [-0.3, -0.25) is 0 Å². The highest BCUT2D eigenvalue weighted by Gasteiger charge is 2.41. The van der Waals surface area contributed by atoms with Gasteiger partial charge < -0.3 is 26.3 Å². The van der Waals surface area contributed by atoms with E-state index in [1.54, 1.807) is 0 Å². The van der Waals surface area contributed by atoms with Crippen LogP contribution in [0.4, 0.5) is 35.9 Å². The highest BCUT2D eigenvalue weighted by molar-refractivity contribution is 5.88. The van der Waals surface area contributed by atoms with Crippen LogP contribution in [0.1, 0.15) is 24.8 Å². The minimum Gasteiger partial charge on any atom is -0.384 e.